The van der Waals surface area contributed by atoms with Gasteiger partial charge in [-0.15, -0.1) is 0 Å². The zero-order chi connectivity index (χ0) is 15.0. The molecule has 1 aromatic rings. The molecular weight excluding hydrogens is 266 g/mol. The molecular formula is C16H31N3S. The maximum Gasteiger partial charge on any atom is 0.0640 e. The first kappa shape index (κ1) is 17.6. The van der Waals surface area contributed by atoms with E-state index in [2.05, 4.69) is 56.9 Å². The molecule has 0 spiro atoms. The second kappa shape index (κ2) is 9.46. The van der Waals surface area contributed by atoms with E-state index in [0.717, 1.165) is 25.1 Å². The molecule has 1 heterocycles. The van der Waals surface area contributed by atoms with Crippen molar-refractivity contribution in [3.63, 3.8) is 0 Å². The maximum atomic E-state index is 4.72. The molecule has 1 rings (SSSR count). The molecule has 0 radical (unpaired) electrons. The van der Waals surface area contributed by atoms with Crippen molar-refractivity contribution < 1.29 is 0 Å². The van der Waals surface area contributed by atoms with E-state index in [1.54, 1.807) is 0 Å². The summed E-state index contributed by atoms with van der Waals surface area (Å²) in [5, 5.41) is 9.07. The molecule has 0 aliphatic rings. The van der Waals surface area contributed by atoms with Gasteiger partial charge in [0.05, 0.1) is 5.69 Å². The Bertz CT molecular complexity index is 362. The summed E-state index contributed by atoms with van der Waals surface area (Å²) in [7, 11) is 0. The zero-order valence-electron chi connectivity index (χ0n) is 13.7. The fourth-order valence-corrected chi connectivity index (χ4v) is 2.87. The van der Waals surface area contributed by atoms with Crippen LogP contribution in [0.15, 0.2) is 12.3 Å². The second-order valence-corrected chi connectivity index (χ2v) is 7.39. The van der Waals surface area contributed by atoms with Gasteiger partial charge in [-0.25, -0.2) is 0 Å². The highest BCUT2D eigenvalue weighted by atomic mass is 32.2. The van der Waals surface area contributed by atoms with Crippen LogP contribution in [-0.4, -0.2) is 33.4 Å². The summed E-state index contributed by atoms with van der Waals surface area (Å²) in [6, 6.07) is 3.20. The van der Waals surface area contributed by atoms with E-state index in [0.29, 0.717) is 17.3 Å². The van der Waals surface area contributed by atoms with Crippen molar-refractivity contribution in [2.45, 2.75) is 71.2 Å². The fourth-order valence-electron chi connectivity index (χ4n) is 2.02. The molecule has 1 aromatic heterocycles. The number of hydrogen-bond acceptors (Lipinski definition) is 3. The maximum absolute atomic E-state index is 4.72. The zero-order valence-corrected chi connectivity index (χ0v) is 14.5. The van der Waals surface area contributed by atoms with Crippen LogP contribution in [0.5, 0.6) is 0 Å². The molecule has 20 heavy (non-hydrogen) atoms. The van der Waals surface area contributed by atoms with Crippen molar-refractivity contribution in [2.24, 2.45) is 0 Å². The first-order valence-electron chi connectivity index (χ1n) is 7.95. The Balaban J connectivity index is 2.56. The molecule has 0 amide bonds. The number of thioether (sulfide) groups is 1. The molecule has 0 fully saturated rings. The first-order valence-corrected chi connectivity index (χ1v) is 9.00. The Kier molecular flexibility index (Phi) is 8.31. The van der Waals surface area contributed by atoms with E-state index >= 15 is 0 Å². The predicted octanol–water partition coefficient (Wildman–Crippen LogP) is 3.91. The van der Waals surface area contributed by atoms with Crippen molar-refractivity contribution in [2.75, 3.05) is 12.3 Å². The molecule has 2 unspecified atom stereocenters. The second-order valence-electron chi connectivity index (χ2n) is 5.78. The Morgan fingerprint density at radius 3 is 2.65 bits per heavy atom. The van der Waals surface area contributed by atoms with Gasteiger partial charge in [0.2, 0.25) is 0 Å². The molecule has 0 aliphatic heterocycles. The van der Waals surface area contributed by atoms with Gasteiger partial charge in [0.15, 0.2) is 0 Å². The summed E-state index contributed by atoms with van der Waals surface area (Å²) < 4.78 is 2.10. The Morgan fingerprint density at radius 1 is 1.30 bits per heavy atom. The Hall–Kier alpha value is -0.480. The molecule has 3 nitrogen and oxygen atoms in total. The van der Waals surface area contributed by atoms with E-state index < -0.39 is 0 Å². The normalized spacial score (nSPS) is 14.7. The number of rotatable bonds is 10. The van der Waals surface area contributed by atoms with Gasteiger partial charge in [-0.05, 0) is 37.6 Å². The van der Waals surface area contributed by atoms with Gasteiger partial charge in [0.25, 0.3) is 0 Å². The Labute approximate surface area is 128 Å². The van der Waals surface area contributed by atoms with E-state index in [9.17, 15) is 0 Å². The van der Waals surface area contributed by atoms with Crippen molar-refractivity contribution in [1.82, 2.24) is 15.1 Å². The minimum absolute atomic E-state index is 0.496. The average Bonchev–Trinajstić information content (AvgIpc) is 2.89. The van der Waals surface area contributed by atoms with Crippen LogP contribution in [-0.2, 0) is 6.42 Å². The fraction of sp³-hybridized carbons (Fsp3) is 0.812. The monoisotopic (exact) mass is 297 g/mol. The van der Waals surface area contributed by atoms with Gasteiger partial charge < -0.3 is 5.32 Å². The summed E-state index contributed by atoms with van der Waals surface area (Å²) in [6.45, 7) is 12.3. The quantitative estimate of drug-likeness (QED) is 0.710. The largest absolute Gasteiger partial charge is 0.313 e. The standard InChI is InChI=1S/C16H31N3S/c1-6-9-17-16(12-20-13(3)4)11-15-8-10-19(18-15)14(5)7-2/h8,10,13-14,16-17H,6-7,9,11-12H2,1-5H3. The molecule has 0 bridgehead atoms. The summed E-state index contributed by atoms with van der Waals surface area (Å²) in [5.41, 5.74) is 1.21. The third-order valence-electron chi connectivity index (χ3n) is 3.48. The molecule has 0 aromatic carbocycles. The van der Waals surface area contributed by atoms with Gasteiger partial charge in [0.1, 0.15) is 0 Å². The highest BCUT2D eigenvalue weighted by Gasteiger charge is 2.13. The van der Waals surface area contributed by atoms with E-state index in [4.69, 9.17) is 5.10 Å². The minimum Gasteiger partial charge on any atom is -0.313 e. The van der Waals surface area contributed by atoms with Crippen LogP contribution in [0.4, 0.5) is 0 Å². The third kappa shape index (κ3) is 6.31. The summed E-state index contributed by atoms with van der Waals surface area (Å²) in [5.74, 6) is 1.16. The van der Waals surface area contributed by atoms with Gasteiger partial charge in [0, 0.05) is 30.5 Å². The van der Waals surface area contributed by atoms with Crippen LogP contribution in [0.25, 0.3) is 0 Å². The number of aromatic nitrogens is 2. The molecule has 4 heteroatoms. The van der Waals surface area contributed by atoms with Gasteiger partial charge in [-0.1, -0.05) is 27.7 Å². The molecule has 1 N–H and O–H groups in total. The van der Waals surface area contributed by atoms with Crippen molar-refractivity contribution in [3.8, 4) is 0 Å². The number of hydrogen-bond donors (Lipinski definition) is 1. The van der Waals surface area contributed by atoms with Gasteiger partial charge in [-0.2, -0.15) is 16.9 Å². The van der Waals surface area contributed by atoms with Crippen molar-refractivity contribution >= 4 is 11.8 Å². The topological polar surface area (TPSA) is 29.9 Å². The van der Waals surface area contributed by atoms with E-state index in [-0.39, 0.29) is 0 Å². The highest BCUT2D eigenvalue weighted by Crippen LogP contribution is 2.14. The minimum atomic E-state index is 0.496. The lowest BCUT2D eigenvalue weighted by Crippen LogP contribution is -2.34. The van der Waals surface area contributed by atoms with Crippen LogP contribution < -0.4 is 5.32 Å². The lowest BCUT2D eigenvalue weighted by Gasteiger charge is -2.18. The van der Waals surface area contributed by atoms with Crippen molar-refractivity contribution in [1.29, 1.82) is 0 Å². The summed E-state index contributed by atoms with van der Waals surface area (Å²) in [4.78, 5) is 0. The van der Waals surface area contributed by atoms with E-state index in [1.165, 1.54) is 12.1 Å². The first-order chi connectivity index (χ1) is 9.56. The van der Waals surface area contributed by atoms with Crippen molar-refractivity contribution in [3.05, 3.63) is 18.0 Å². The Morgan fingerprint density at radius 2 is 2.05 bits per heavy atom. The van der Waals surface area contributed by atoms with Gasteiger partial charge in [-0.3, -0.25) is 4.68 Å². The smallest absolute Gasteiger partial charge is 0.0640 e. The van der Waals surface area contributed by atoms with Crippen LogP contribution in [0, 0.1) is 0 Å². The summed E-state index contributed by atoms with van der Waals surface area (Å²) in [6.07, 6.45) is 5.46. The molecule has 0 saturated heterocycles. The van der Waals surface area contributed by atoms with Gasteiger partial charge >= 0.3 is 0 Å². The predicted molar refractivity (Wildman–Crippen MR) is 90.6 cm³/mol. The van der Waals surface area contributed by atoms with Crippen LogP contribution in [0.3, 0.4) is 0 Å². The van der Waals surface area contributed by atoms with Crippen LogP contribution >= 0.6 is 11.8 Å². The number of nitrogens with zero attached hydrogens (tertiary/aromatic N) is 2. The molecule has 2 atom stereocenters. The molecule has 0 saturated carbocycles. The lowest BCUT2D eigenvalue weighted by molar-refractivity contribution is 0.468. The summed E-state index contributed by atoms with van der Waals surface area (Å²) >= 11 is 2.03. The molecule has 0 aliphatic carbocycles. The van der Waals surface area contributed by atoms with Crippen LogP contribution in [0.2, 0.25) is 0 Å². The number of nitrogens with one attached hydrogen (secondary N) is 1. The van der Waals surface area contributed by atoms with E-state index in [1.807, 2.05) is 11.8 Å². The SMILES string of the molecule is CCCNC(CSC(C)C)Cc1ccn(C(C)CC)n1. The van der Waals surface area contributed by atoms with Crippen LogP contribution in [0.1, 0.15) is 59.2 Å². The average molecular weight is 298 g/mol. The highest BCUT2D eigenvalue weighted by molar-refractivity contribution is 7.99. The lowest BCUT2D eigenvalue weighted by atomic mass is 10.2. The molecule has 116 valence electrons. The third-order valence-corrected chi connectivity index (χ3v) is 4.74.